The fraction of sp³-hybridized carbons (Fsp3) is 0.818. The van der Waals surface area contributed by atoms with E-state index < -0.39 is 0 Å². The van der Waals surface area contributed by atoms with Gasteiger partial charge in [0.2, 0.25) is 0 Å². The van der Waals surface area contributed by atoms with Crippen LogP contribution < -0.4 is 5.73 Å². The average Bonchev–Trinajstić information content (AvgIpc) is 2.71. The minimum absolute atomic E-state index is 0.130. The van der Waals surface area contributed by atoms with Crippen molar-refractivity contribution in [2.75, 3.05) is 19.0 Å². The van der Waals surface area contributed by atoms with Crippen molar-refractivity contribution in [2.45, 2.75) is 38.3 Å². The summed E-state index contributed by atoms with van der Waals surface area (Å²) in [6.45, 7) is 5.67. The number of nitrogens with zero attached hydrogens (tertiary/aromatic N) is 3. The molecule has 0 bridgehead atoms. The predicted octanol–water partition coefficient (Wildman–Crippen LogP) is 1.16. The number of ether oxygens (including phenoxy) is 2. The average molecular weight is 274 g/mol. The topological polar surface area (TPSA) is 75.2 Å². The van der Waals surface area contributed by atoms with E-state index in [2.05, 4.69) is 10.2 Å². The third kappa shape index (κ3) is 4.56. The standard InChI is InChI=1S/C11H22N4O2S/c1-4-16-10(17-5-2)6-7-18-11-14-13-9(8-12)15(11)3/h10H,4-8,12H2,1-3H3. The fourth-order valence-electron chi connectivity index (χ4n) is 1.48. The van der Waals surface area contributed by atoms with E-state index in [0.717, 1.165) is 23.2 Å². The smallest absolute Gasteiger partial charge is 0.190 e. The highest BCUT2D eigenvalue weighted by atomic mass is 32.2. The van der Waals surface area contributed by atoms with Gasteiger partial charge < -0.3 is 19.8 Å². The molecular formula is C11H22N4O2S. The van der Waals surface area contributed by atoms with Crippen molar-refractivity contribution in [1.82, 2.24) is 14.8 Å². The molecule has 0 saturated carbocycles. The Labute approximate surface area is 112 Å². The first-order valence-corrected chi connectivity index (χ1v) is 7.15. The molecule has 6 nitrogen and oxygen atoms in total. The molecule has 0 aliphatic carbocycles. The molecule has 7 heteroatoms. The molecule has 18 heavy (non-hydrogen) atoms. The zero-order chi connectivity index (χ0) is 13.4. The molecule has 1 rings (SSSR count). The van der Waals surface area contributed by atoms with Crippen LogP contribution in [0.25, 0.3) is 0 Å². The minimum atomic E-state index is -0.130. The molecule has 0 spiro atoms. The van der Waals surface area contributed by atoms with Crippen LogP contribution in [0.4, 0.5) is 0 Å². The van der Waals surface area contributed by atoms with Gasteiger partial charge in [0.05, 0.1) is 6.54 Å². The second-order valence-corrected chi connectivity index (χ2v) is 4.70. The highest BCUT2D eigenvalue weighted by Gasteiger charge is 2.11. The highest BCUT2D eigenvalue weighted by Crippen LogP contribution is 2.18. The zero-order valence-corrected chi connectivity index (χ0v) is 12.1. The van der Waals surface area contributed by atoms with Crippen molar-refractivity contribution in [1.29, 1.82) is 0 Å². The van der Waals surface area contributed by atoms with Gasteiger partial charge in [0, 0.05) is 32.4 Å². The van der Waals surface area contributed by atoms with Gasteiger partial charge in [-0.3, -0.25) is 0 Å². The number of nitrogens with two attached hydrogens (primary N) is 1. The van der Waals surface area contributed by atoms with E-state index >= 15 is 0 Å². The van der Waals surface area contributed by atoms with Crippen LogP contribution in [-0.4, -0.2) is 40.0 Å². The quantitative estimate of drug-likeness (QED) is 0.538. The lowest BCUT2D eigenvalue weighted by Crippen LogP contribution is -2.18. The Balaban J connectivity index is 2.37. The molecule has 0 radical (unpaired) electrons. The molecule has 0 amide bonds. The van der Waals surface area contributed by atoms with Gasteiger partial charge in [0.25, 0.3) is 0 Å². The Morgan fingerprint density at radius 1 is 1.28 bits per heavy atom. The Morgan fingerprint density at radius 2 is 1.94 bits per heavy atom. The maximum atomic E-state index is 5.55. The van der Waals surface area contributed by atoms with Crippen molar-refractivity contribution >= 4 is 11.8 Å². The molecule has 0 atom stereocenters. The summed E-state index contributed by atoms with van der Waals surface area (Å²) in [4.78, 5) is 0. The van der Waals surface area contributed by atoms with Gasteiger partial charge in [0.15, 0.2) is 11.4 Å². The summed E-state index contributed by atoms with van der Waals surface area (Å²) in [6, 6.07) is 0. The van der Waals surface area contributed by atoms with Gasteiger partial charge in [-0.15, -0.1) is 10.2 Å². The van der Waals surface area contributed by atoms with Crippen LogP contribution in [0.2, 0.25) is 0 Å². The van der Waals surface area contributed by atoms with Gasteiger partial charge in [-0.1, -0.05) is 11.8 Å². The third-order valence-corrected chi connectivity index (χ3v) is 3.45. The van der Waals surface area contributed by atoms with Crippen LogP contribution in [0, 0.1) is 0 Å². The summed E-state index contributed by atoms with van der Waals surface area (Å²) in [5.74, 6) is 1.67. The molecule has 1 aromatic rings. The van der Waals surface area contributed by atoms with Gasteiger partial charge in [0.1, 0.15) is 5.82 Å². The molecule has 0 aliphatic heterocycles. The van der Waals surface area contributed by atoms with Crippen molar-refractivity contribution in [3.63, 3.8) is 0 Å². The third-order valence-electron chi connectivity index (χ3n) is 2.40. The highest BCUT2D eigenvalue weighted by molar-refractivity contribution is 7.99. The van der Waals surface area contributed by atoms with E-state index in [-0.39, 0.29) is 6.29 Å². The fourth-order valence-corrected chi connectivity index (χ4v) is 2.37. The first-order valence-electron chi connectivity index (χ1n) is 6.17. The Hall–Kier alpha value is -0.630. The number of hydrogen-bond donors (Lipinski definition) is 1. The van der Waals surface area contributed by atoms with Gasteiger partial charge in [-0.25, -0.2) is 0 Å². The van der Waals surface area contributed by atoms with Crippen molar-refractivity contribution < 1.29 is 9.47 Å². The number of hydrogen-bond acceptors (Lipinski definition) is 6. The molecule has 2 N–H and O–H groups in total. The predicted molar refractivity (Wildman–Crippen MR) is 71.3 cm³/mol. The molecule has 104 valence electrons. The maximum absolute atomic E-state index is 5.55. The summed E-state index contributed by atoms with van der Waals surface area (Å²) in [7, 11) is 1.92. The Bertz CT molecular complexity index is 340. The van der Waals surface area contributed by atoms with Crippen LogP contribution >= 0.6 is 11.8 Å². The maximum Gasteiger partial charge on any atom is 0.190 e. The van der Waals surface area contributed by atoms with Crippen LogP contribution in [0.3, 0.4) is 0 Å². The van der Waals surface area contributed by atoms with Crippen molar-refractivity contribution in [3.8, 4) is 0 Å². The molecule has 0 unspecified atom stereocenters. The lowest BCUT2D eigenvalue weighted by Gasteiger charge is -2.16. The molecule has 1 heterocycles. The zero-order valence-electron chi connectivity index (χ0n) is 11.3. The lowest BCUT2D eigenvalue weighted by atomic mass is 10.5. The van der Waals surface area contributed by atoms with Gasteiger partial charge in [-0.05, 0) is 13.8 Å². The Morgan fingerprint density at radius 3 is 2.44 bits per heavy atom. The summed E-state index contributed by atoms with van der Waals surface area (Å²) in [6.07, 6.45) is 0.701. The molecular weight excluding hydrogens is 252 g/mol. The minimum Gasteiger partial charge on any atom is -0.353 e. The molecule has 0 aliphatic rings. The second-order valence-electron chi connectivity index (χ2n) is 3.64. The van der Waals surface area contributed by atoms with E-state index in [4.69, 9.17) is 15.2 Å². The number of rotatable bonds is 9. The molecule has 0 fully saturated rings. The second kappa shape index (κ2) is 8.47. The summed E-state index contributed by atoms with van der Waals surface area (Å²) >= 11 is 1.64. The van der Waals surface area contributed by atoms with E-state index in [9.17, 15) is 0 Å². The first kappa shape index (κ1) is 15.4. The van der Waals surface area contributed by atoms with Gasteiger partial charge >= 0.3 is 0 Å². The summed E-state index contributed by atoms with van der Waals surface area (Å²) in [5, 5.41) is 8.98. The number of thioether (sulfide) groups is 1. The van der Waals surface area contributed by atoms with E-state index in [0.29, 0.717) is 19.8 Å². The Kier molecular flexibility index (Phi) is 7.26. The van der Waals surface area contributed by atoms with E-state index in [1.807, 2.05) is 25.5 Å². The normalized spacial score (nSPS) is 11.4. The van der Waals surface area contributed by atoms with E-state index in [1.165, 1.54) is 0 Å². The number of aromatic nitrogens is 3. The van der Waals surface area contributed by atoms with Crippen LogP contribution in [0.1, 0.15) is 26.1 Å². The monoisotopic (exact) mass is 274 g/mol. The van der Waals surface area contributed by atoms with Crippen molar-refractivity contribution in [3.05, 3.63) is 5.82 Å². The molecule has 0 saturated heterocycles. The summed E-state index contributed by atoms with van der Waals surface area (Å²) < 4.78 is 12.9. The van der Waals surface area contributed by atoms with Crippen LogP contribution in [-0.2, 0) is 23.1 Å². The van der Waals surface area contributed by atoms with Crippen molar-refractivity contribution in [2.24, 2.45) is 12.8 Å². The largest absolute Gasteiger partial charge is 0.353 e. The van der Waals surface area contributed by atoms with Gasteiger partial charge in [-0.2, -0.15) is 0 Å². The van der Waals surface area contributed by atoms with E-state index in [1.54, 1.807) is 11.8 Å². The molecule has 1 aromatic heterocycles. The first-order chi connectivity index (χ1) is 8.72. The SMILES string of the molecule is CCOC(CCSc1nnc(CN)n1C)OCC. The van der Waals surface area contributed by atoms with Crippen LogP contribution in [0.5, 0.6) is 0 Å². The summed E-state index contributed by atoms with van der Waals surface area (Å²) in [5.41, 5.74) is 5.55. The molecule has 0 aromatic carbocycles. The van der Waals surface area contributed by atoms with Crippen LogP contribution in [0.15, 0.2) is 5.16 Å². The lowest BCUT2D eigenvalue weighted by molar-refractivity contribution is -0.136.